The number of nitrogens with zero attached hydrogens (tertiary/aromatic N) is 1. The predicted octanol–water partition coefficient (Wildman–Crippen LogP) is 3.36. The van der Waals surface area contributed by atoms with Crippen LogP contribution in [0, 0.1) is 0 Å². The molecule has 0 bridgehead atoms. The first kappa shape index (κ1) is 22.1. The number of hydrogen-bond acceptors (Lipinski definition) is 7. The van der Waals surface area contributed by atoms with Gasteiger partial charge in [0.1, 0.15) is 0 Å². The Balaban J connectivity index is 1.99. The first-order valence-corrected chi connectivity index (χ1v) is 11.5. The summed E-state index contributed by atoms with van der Waals surface area (Å²) in [5.41, 5.74) is 0.854. The van der Waals surface area contributed by atoms with E-state index in [0.29, 0.717) is 29.5 Å². The van der Waals surface area contributed by atoms with Crippen molar-refractivity contribution in [3.63, 3.8) is 0 Å². The number of anilines is 2. The van der Waals surface area contributed by atoms with Crippen LogP contribution in [0.1, 0.15) is 13.8 Å². The molecule has 0 unspecified atom stereocenters. The number of methoxy groups -OCH3 is 3. The van der Waals surface area contributed by atoms with Crippen LogP contribution < -0.4 is 23.8 Å². The first-order chi connectivity index (χ1) is 14.2. The monoisotopic (exact) mass is 452 g/mol. The summed E-state index contributed by atoms with van der Waals surface area (Å²) in [5, 5.41) is 0.223. The molecule has 0 saturated heterocycles. The lowest BCUT2D eigenvalue weighted by atomic mass is 10.2. The number of sulfonamides is 1. The highest BCUT2D eigenvalue weighted by atomic mass is 32.2. The van der Waals surface area contributed by atoms with Gasteiger partial charge in [0, 0.05) is 35.7 Å². The number of fused-ring (bicyclic) bond motifs is 1. The average molecular weight is 453 g/mol. The molecule has 10 heteroatoms. The molecule has 162 valence electrons. The van der Waals surface area contributed by atoms with Gasteiger partial charge in [-0.3, -0.25) is 9.52 Å². The summed E-state index contributed by atoms with van der Waals surface area (Å²) in [7, 11) is 0.446. The Morgan fingerprint density at radius 2 is 1.73 bits per heavy atom. The third-order valence-electron chi connectivity index (χ3n) is 4.60. The summed E-state index contributed by atoms with van der Waals surface area (Å²) >= 11 is 1.61. The minimum Gasteiger partial charge on any atom is -0.493 e. The van der Waals surface area contributed by atoms with Gasteiger partial charge in [0.25, 0.3) is 10.0 Å². The first-order valence-electron chi connectivity index (χ1n) is 9.11. The van der Waals surface area contributed by atoms with E-state index in [1.165, 1.54) is 52.5 Å². The molecule has 1 aliphatic heterocycles. The fourth-order valence-corrected chi connectivity index (χ4v) is 5.39. The van der Waals surface area contributed by atoms with Gasteiger partial charge >= 0.3 is 0 Å². The number of amides is 1. The van der Waals surface area contributed by atoms with Gasteiger partial charge in [-0.25, -0.2) is 8.42 Å². The summed E-state index contributed by atoms with van der Waals surface area (Å²) in [4.78, 5) is 14.6. The molecule has 30 heavy (non-hydrogen) atoms. The number of thioether (sulfide) groups is 1. The minimum absolute atomic E-state index is 0.0522. The lowest BCUT2D eigenvalue weighted by molar-refractivity contribution is -0.116. The largest absolute Gasteiger partial charge is 0.493 e. The van der Waals surface area contributed by atoms with Gasteiger partial charge in [0.15, 0.2) is 11.5 Å². The molecule has 0 radical (unpaired) electrons. The van der Waals surface area contributed by atoms with Gasteiger partial charge in [-0.2, -0.15) is 0 Å². The van der Waals surface area contributed by atoms with Crippen LogP contribution in [-0.2, 0) is 14.8 Å². The molecule has 1 N–H and O–H groups in total. The average Bonchev–Trinajstić information content (AvgIpc) is 2.71. The van der Waals surface area contributed by atoms with E-state index in [4.69, 9.17) is 14.2 Å². The molecule has 2 aromatic carbocycles. The van der Waals surface area contributed by atoms with E-state index in [2.05, 4.69) is 4.72 Å². The van der Waals surface area contributed by atoms with Crippen molar-refractivity contribution in [1.29, 1.82) is 0 Å². The molecule has 0 aliphatic carbocycles. The molecule has 1 atom stereocenters. The fourth-order valence-electron chi connectivity index (χ4n) is 3.24. The smallest absolute Gasteiger partial charge is 0.261 e. The molecule has 0 fully saturated rings. The van der Waals surface area contributed by atoms with Gasteiger partial charge in [0.05, 0.1) is 37.6 Å². The summed E-state index contributed by atoms with van der Waals surface area (Å²) < 4.78 is 44.5. The molecule has 8 nitrogen and oxygen atoms in total. The molecule has 0 saturated carbocycles. The quantitative estimate of drug-likeness (QED) is 0.718. The second-order valence-corrected chi connectivity index (χ2v) is 9.87. The SMILES string of the molecule is COc1cc(NS(=O)(=O)c2ccc3c(c2)N(C(C)=O)C[C@H](C)S3)cc(OC)c1OC. The molecule has 1 aliphatic rings. The van der Waals surface area contributed by atoms with Crippen LogP contribution in [0.15, 0.2) is 40.1 Å². The van der Waals surface area contributed by atoms with E-state index in [0.717, 1.165) is 4.90 Å². The zero-order valence-corrected chi connectivity index (χ0v) is 19.0. The second-order valence-electron chi connectivity index (χ2n) is 6.71. The van der Waals surface area contributed by atoms with Crippen LogP contribution in [0.5, 0.6) is 17.2 Å². The molecule has 2 aromatic rings. The summed E-state index contributed by atoms with van der Waals surface area (Å²) in [6.45, 7) is 4.03. The lowest BCUT2D eigenvalue weighted by Crippen LogP contribution is -2.37. The van der Waals surface area contributed by atoms with Gasteiger partial charge < -0.3 is 19.1 Å². The molecular formula is C20H24N2O6S2. The second kappa shape index (κ2) is 8.65. The van der Waals surface area contributed by atoms with Crippen molar-refractivity contribution >= 4 is 39.1 Å². The van der Waals surface area contributed by atoms with Gasteiger partial charge in [-0.15, -0.1) is 11.8 Å². The highest BCUT2D eigenvalue weighted by Crippen LogP contribution is 2.42. The van der Waals surface area contributed by atoms with Crippen LogP contribution >= 0.6 is 11.8 Å². The summed E-state index contributed by atoms with van der Waals surface area (Å²) in [5.74, 6) is 0.886. The van der Waals surface area contributed by atoms with Crippen molar-refractivity contribution in [3.8, 4) is 17.2 Å². The van der Waals surface area contributed by atoms with E-state index < -0.39 is 10.0 Å². The van der Waals surface area contributed by atoms with Crippen molar-refractivity contribution in [2.75, 3.05) is 37.5 Å². The van der Waals surface area contributed by atoms with Crippen LogP contribution in [0.3, 0.4) is 0 Å². The van der Waals surface area contributed by atoms with E-state index in [1.54, 1.807) is 22.7 Å². The third-order valence-corrected chi connectivity index (χ3v) is 7.13. The van der Waals surface area contributed by atoms with Gasteiger partial charge in [-0.1, -0.05) is 6.92 Å². The number of carbonyl (C=O) groups is 1. The number of rotatable bonds is 6. The van der Waals surface area contributed by atoms with E-state index in [-0.39, 0.29) is 21.7 Å². The van der Waals surface area contributed by atoms with Crippen molar-refractivity contribution in [1.82, 2.24) is 0 Å². The molecule has 1 heterocycles. The van der Waals surface area contributed by atoms with Crippen molar-refractivity contribution in [2.45, 2.75) is 28.9 Å². The molecule has 3 rings (SSSR count). The number of ether oxygens (including phenoxy) is 3. The zero-order chi connectivity index (χ0) is 22.1. The number of hydrogen-bond donors (Lipinski definition) is 1. The highest BCUT2D eigenvalue weighted by Gasteiger charge is 2.27. The Bertz CT molecular complexity index is 1050. The molecule has 1 amide bonds. The molecule has 0 aromatic heterocycles. The minimum atomic E-state index is -3.93. The number of benzene rings is 2. The Labute approximate surface area is 180 Å². The van der Waals surface area contributed by atoms with Gasteiger partial charge in [-0.05, 0) is 18.2 Å². The Hall–Kier alpha value is -2.59. The van der Waals surface area contributed by atoms with E-state index >= 15 is 0 Å². The van der Waals surface area contributed by atoms with E-state index in [9.17, 15) is 13.2 Å². The van der Waals surface area contributed by atoms with Crippen molar-refractivity contribution in [3.05, 3.63) is 30.3 Å². The highest BCUT2D eigenvalue weighted by molar-refractivity contribution is 8.00. The maximum absolute atomic E-state index is 13.0. The van der Waals surface area contributed by atoms with Crippen LogP contribution in [0.2, 0.25) is 0 Å². The standard InChI is InChI=1S/C20H24N2O6S2/c1-12-11-22(13(2)23)16-10-15(6-7-19(16)29-12)30(24,25)21-14-8-17(26-3)20(28-5)18(9-14)27-4/h6-10,12,21H,11H2,1-5H3/t12-/m0/s1. The number of carbonyl (C=O) groups excluding carboxylic acids is 1. The lowest BCUT2D eigenvalue weighted by Gasteiger charge is -2.32. The Kier molecular flexibility index (Phi) is 6.37. The van der Waals surface area contributed by atoms with Crippen LogP contribution in [0.4, 0.5) is 11.4 Å². The third kappa shape index (κ3) is 4.29. The normalized spacial score (nSPS) is 15.9. The fraction of sp³-hybridized carbons (Fsp3) is 0.350. The van der Waals surface area contributed by atoms with Crippen LogP contribution in [-0.4, -0.2) is 47.4 Å². The van der Waals surface area contributed by atoms with Crippen molar-refractivity contribution < 1.29 is 27.4 Å². The van der Waals surface area contributed by atoms with Gasteiger partial charge in [0.2, 0.25) is 11.7 Å². The summed E-state index contributed by atoms with van der Waals surface area (Å²) in [6.07, 6.45) is 0. The topological polar surface area (TPSA) is 94.2 Å². The maximum Gasteiger partial charge on any atom is 0.261 e. The summed E-state index contributed by atoms with van der Waals surface area (Å²) in [6, 6.07) is 7.81. The van der Waals surface area contributed by atoms with Crippen molar-refractivity contribution in [2.24, 2.45) is 0 Å². The maximum atomic E-state index is 13.0. The van der Waals surface area contributed by atoms with E-state index in [1.807, 2.05) is 6.92 Å². The molecular weight excluding hydrogens is 428 g/mol. The Morgan fingerprint density at radius 1 is 1.10 bits per heavy atom. The number of nitrogens with one attached hydrogen (secondary N) is 1. The Morgan fingerprint density at radius 3 is 2.27 bits per heavy atom. The predicted molar refractivity (Wildman–Crippen MR) is 117 cm³/mol. The molecule has 0 spiro atoms. The zero-order valence-electron chi connectivity index (χ0n) is 17.4. The van der Waals surface area contributed by atoms with Crippen LogP contribution in [0.25, 0.3) is 0 Å².